The molecular weight excluding hydrogens is 310 g/mol. The summed E-state index contributed by atoms with van der Waals surface area (Å²) in [5.41, 5.74) is 0.524. The molecule has 1 aromatic heterocycles. The van der Waals surface area contributed by atoms with Crippen molar-refractivity contribution in [3.05, 3.63) is 46.2 Å². The molecule has 0 atom stereocenters. The van der Waals surface area contributed by atoms with Crippen molar-refractivity contribution in [3.8, 4) is 11.5 Å². The molecule has 1 aromatic carbocycles. The summed E-state index contributed by atoms with van der Waals surface area (Å²) >= 11 is 1.73. The molecule has 0 radical (unpaired) electrons. The van der Waals surface area contributed by atoms with Crippen LogP contribution in [0.5, 0.6) is 11.5 Å². The minimum Gasteiger partial charge on any atom is -0.496 e. The number of hydrogen-bond donors (Lipinski definition) is 0. The summed E-state index contributed by atoms with van der Waals surface area (Å²) in [6.45, 7) is 0.727. The number of benzene rings is 1. The highest BCUT2D eigenvalue weighted by molar-refractivity contribution is 7.09. The molecule has 1 heterocycles. The van der Waals surface area contributed by atoms with Gasteiger partial charge in [-0.3, -0.25) is 4.79 Å². The van der Waals surface area contributed by atoms with E-state index in [0.29, 0.717) is 23.1 Å². The number of nitrogens with zero attached hydrogens (tertiary/aromatic N) is 1. The van der Waals surface area contributed by atoms with Crippen LogP contribution in [0, 0.1) is 0 Å². The van der Waals surface area contributed by atoms with Gasteiger partial charge in [0, 0.05) is 17.5 Å². The minimum absolute atomic E-state index is 0.00152. The van der Waals surface area contributed by atoms with Crippen LogP contribution in [0.4, 0.5) is 0 Å². The second-order valence-electron chi connectivity index (χ2n) is 5.60. The second-order valence-corrected chi connectivity index (χ2v) is 6.63. The summed E-state index contributed by atoms with van der Waals surface area (Å²) in [4.78, 5) is 16.4. The summed E-state index contributed by atoms with van der Waals surface area (Å²) in [7, 11) is 3.16. The Bertz CT molecular complexity index is 643. The monoisotopic (exact) mass is 331 g/mol. The molecule has 23 heavy (non-hydrogen) atoms. The van der Waals surface area contributed by atoms with E-state index in [2.05, 4.69) is 11.4 Å². The van der Waals surface area contributed by atoms with Crippen molar-refractivity contribution < 1.29 is 14.3 Å². The molecule has 0 unspecified atom stereocenters. The Morgan fingerprint density at radius 2 is 1.87 bits per heavy atom. The summed E-state index contributed by atoms with van der Waals surface area (Å²) in [6, 6.07) is 9.95. The van der Waals surface area contributed by atoms with Crippen LogP contribution >= 0.6 is 11.3 Å². The fourth-order valence-corrected chi connectivity index (χ4v) is 3.43. The largest absolute Gasteiger partial charge is 0.496 e. The van der Waals surface area contributed by atoms with Crippen molar-refractivity contribution in [2.24, 2.45) is 0 Å². The maximum atomic E-state index is 13.1. The molecule has 0 bridgehead atoms. The topological polar surface area (TPSA) is 38.8 Å². The molecule has 1 saturated carbocycles. The number of thiophene rings is 1. The lowest BCUT2D eigenvalue weighted by Crippen LogP contribution is -2.35. The molecule has 1 aliphatic carbocycles. The van der Waals surface area contributed by atoms with Gasteiger partial charge in [-0.25, -0.2) is 0 Å². The first-order valence-electron chi connectivity index (χ1n) is 7.79. The van der Waals surface area contributed by atoms with Crippen LogP contribution < -0.4 is 9.47 Å². The average Bonchev–Trinajstić information content (AvgIpc) is 3.28. The van der Waals surface area contributed by atoms with Gasteiger partial charge in [0.1, 0.15) is 17.1 Å². The molecule has 2 aromatic rings. The maximum Gasteiger partial charge on any atom is 0.261 e. The predicted octanol–water partition coefficient (Wildman–Crippen LogP) is 3.61. The fourth-order valence-electron chi connectivity index (χ4n) is 2.73. The number of ether oxygens (including phenoxy) is 2. The lowest BCUT2D eigenvalue weighted by molar-refractivity contribution is 0.0738. The zero-order valence-corrected chi connectivity index (χ0v) is 14.3. The number of carbonyl (C=O) groups is 1. The van der Waals surface area contributed by atoms with Crippen LogP contribution in [-0.2, 0) is 6.42 Å². The fraction of sp³-hybridized carbons (Fsp3) is 0.389. The van der Waals surface area contributed by atoms with E-state index in [-0.39, 0.29) is 5.91 Å². The molecule has 1 aliphatic rings. The van der Waals surface area contributed by atoms with Gasteiger partial charge in [-0.15, -0.1) is 11.3 Å². The molecule has 5 heteroatoms. The smallest absolute Gasteiger partial charge is 0.261 e. The van der Waals surface area contributed by atoms with E-state index in [1.807, 2.05) is 17.0 Å². The zero-order chi connectivity index (χ0) is 16.2. The van der Waals surface area contributed by atoms with E-state index in [1.54, 1.807) is 37.7 Å². The van der Waals surface area contributed by atoms with Crippen LogP contribution in [0.3, 0.4) is 0 Å². The molecule has 0 N–H and O–H groups in total. The molecule has 1 fully saturated rings. The Labute approximate surface area is 140 Å². The highest BCUT2D eigenvalue weighted by Gasteiger charge is 2.35. The summed E-state index contributed by atoms with van der Waals surface area (Å²) < 4.78 is 10.8. The average molecular weight is 331 g/mol. The van der Waals surface area contributed by atoms with Crippen molar-refractivity contribution in [2.75, 3.05) is 20.8 Å². The quantitative estimate of drug-likeness (QED) is 0.778. The SMILES string of the molecule is COc1cccc(OC)c1C(=O)N(CCc1cccs1)C1CC1. The van der Waals surface area contributed by atoms with Crippen LogP contribution in [0.25, 0.3) is 0 Å². The van der Waals surface area contributed by atoms with Crippen molar-refractivity contribution >= 4 is 17.2 Å². The number of carbonyl (C=O) groups excluding carboxylic acids is 1. The van der Waals surface area contributed by atoms with Gasteiger partial charge in [0.05, 0.1) is 14.2 Å². The lowest BCUT2D eigenvalue weighted by Gasteiger charge is -2.24. The first-order valence-corrected chi connectivity index (χ1v) is 8.67. The normalized spacial score (nSPS) is 13.7. The van der Waals surface area contributed by atoms with Gasteiger partial charge in [0.15, 0.2) is 0 Å². The Morgan fingerprint density at radius 1 is 1.17 bits per heavy atom. The molecule has 0 aliphatic heterocycles. The van der Waals surface area contributed by atoms with E-state index in [9.17, 15) is 4.79 Å². The predicted molar refractivity (Wildman–Crippen MR) is 91.6 cm³/mol. The number of amides is 1. The standard InChI is InChI=1S/C18H21NO3S/c1-21-15-6-3-7-16(22-2)17(15)18(20)19(13-8-9-13)11-10-14-5-4-12-23-14/h3-7,12-13H,8-11H2,1-2H3. The minimum atomic E-state index is -0.00152. The molecule has 4 nitrogen and oxygen atoms in total. The van der Waals surface area contributed by atoms with E-state index in [4.69, 9.17) is 9.47 Å². The first kappa shape index (κ1) is 15.9. The molecule has 0 spiro atoms. The van der Waals surface area contributed by atoms with Crippen LogP contribution in [0.2, 0.25) is 0 Å². The van der Waals surface area contributed by atoms with Gasteiger partial charge in [-0.05, 0) is 42.8 Å². The lowest BCUT2D eigenvalue weighted by atomic mass is 10.1. The number of methoxy groups -OCH3 is 2. The van der Waals surface area contributed by atoms with Crippen LogP contribution in [-0.4, -0.2) is 37.6 Å². The molecular formula is C18H21NO3S. The highest BCUT2D eigenvalue weighted by atomic mass is 32.1. The number of rotatable bonds is 7. The molecule has 122 valence electrons. The van der Waals surface area contributed by atoms with Gasteiger partial charge in [0.25, 0.3) is 5.91 Å². The van der Waals surface area contributed by atoms with E-state index in [0.717, 1.165) is 25.8 Å². The Kier molecular flexibility index (Phi) is 4.86. The third-order valence-electron chi connectivity index (χ3n) is 4.07. The van der Waals surface area contributed by atoms with E-state index < -0.39 is 0 Å². The Hall–Kier alpha value is -2.01. The zero-order valence-electron chi connectivity index (χ0n) is 13.5. The van der Waals surface area contributed by atoms with Gasteiger partial charge in [-0.2, -0.15) is 0 Å². The van der Waals surface area contributed by atoms with Crippen molar-refractivity contribution in [1.82, 2.24) is 4.90 Å². The third-order valence-corrected chi connectivity index (χ3v) is 5.01. The van der Waals surface area contributed by atoms with Gasteiger partial charge in [-0.1, -0.05) is 12.1 Å². The van der Waals surface area contributed by atoms with Gasteiger partial charge >= 0.3 is 0 Å². The van der Waals surface area contributed by atoms with Crippen molar-refractivity contribution in [2.45, 2.75) is 25.3 Å². The number of hydrogen-bond acceptors (Lipinski definition) is 4. The summed E-state index contributed by atoms with van der Waals surface area (Å²) in [6.07, 6.45) is 3.04. The van der Waals surface area contributed by atoms with Crippen LogP contribution in [0.15, 0.2) is 35.7 Å². The first-order chi connectivity index (χ1) is 11.2. The second kappa shape index (κ2) is 7.04. The van der Waals surface area contributed by atoms with E-state index >= 15 is 0 Å². The summed E-state index contributed by atoms with van der Waals surface area (Å²) in [5, 5.41) is 2.07. The molecule has 1 amide bonds. The molecule has 3 rings (SSSR count). The van der Waals surface area contributed by atoms with Crippen LogP contribution in [0.1, 0.15) is 28.1 Å². The Morgan fingerprint density at radius 3 is 2.39 bits per heavy atom. The maximum absolute atomic E-state index is 13.1. The van der Waals surface area contributed by atoms with Crippen molar-refractivity contribution in [3.63, 3.8) is 0 Å². The Balaban J connectivity index is 1.84. The van der Waals surface area contributed by atoms with Gasteiger partial charge < -0.3 is 14.4 Å². The van der Waals surface area contributed by atoms with E-state index in [1.165, 1.54) is 4.88 Å². The van der Waals surface area contributed by atoms with Crippen molar-refractivity contribution in [1.29, 1.82) is 0 Å². The highest BCUT2D eigenvalue weighted by Crippen LogP contribution is 2.34. The summed E-state index contributed by atoms with van der Waals surface area (Å²) in [5.74, 6) is 1.13. The molecule has 0 saturated heterocycles. The third kappa shape index (κ3) is 3.50. The van der Waals surface area contributed by atoms with Gasteiger partial charge in [0.2, 0.25) is 0 Å².